The van der Waals surface area contributed by atoms with Gasteiger partial charge >= 0.3 is 0 Å². The molecule has 148 valence electrons. The summed E-state index contributed by atoms with van der Waals surface area (Å²) in [4.78, 5) is 4.28. The first-order valence-electron chi connectivity index (χ1n) is 8.87. The van der Waals surface area contributed by atoms with E-state index in [1.807, 2.05) is 12.1 Å². The number of guanidine groups is 1. The van der Waals surface area contributed by atoms with Gasteiger partial charge in [0.05, 0.1) is 14.2 Å². The first-order chi connectivity index (χ1) is 12.7. The number of aryl methyl sites for hydroxylation is 2. The second-order valence-corrected chi connectivity index (χ2v) is 6.13. The van der Waals surface area contributed by atoms with Gasteiger partial charge in [-0.15, -0.1) is 24.0 Å². The van der Waals surface area contributed by atoms with E-state index in [2.05, 4.69) is 52.9 Å². The van der Waals surface area contributed by atoms with Crippen molar-refractivity contribution in [2.45, 2.75) is 26.3 Å². The number of methoxy groups -OCH3 is 2. The lowest BCUT2D eigenvalue weighted by molar-refractivity contribution is 0.354. The first kappa shape index (κ1) is 23.1. The summed E-state index contributed by atoms with van der Waals surface area (Å²) in [6.45, 7) is 3.71. The highest BCUT2D eigenvalue weighted by Crippen LogP contribution is 2.27. The molecule has 6 heteroatoms. The van der Waals surface area contributed by atoms with E-state index in [0.717, 1.165) is 43.4 Å². The van der Waals surface area contributed by atoms with Gasteiger partial charge in [0.15, 0.2) is 17.5 Å². The maximum absolute atomic E-state index is 5.35. The normalized spacial score (nSPS) is 10.7. The van der Waals surface area contributed by atoms with E-state index in [-0.39, 0.29) is 24.0 Å². The maximum Gasteiger partial charge on any atom is 0.191 e. The molecule has 0 aliphatic rings. The van der Waals surface area contributed by atoms with Crippen molar-refractivity contribution in [1.29, 1.82) is 0 Å². The second-order valence-electron chi connectivity index (χ2n) is 6.13. The van der Waals surface area contributed by atoms with Crippen LogP contribution >= 0.6 is 24.0 Å². The standard InChI is InChI=1S/C21H29N3O2.HI/c1-16-7-5-8-18(13-16)15-24-21(22-2)23-12-6-9-17-10-11-19(25-3)20(14-17)26-4;/h5,7-8,10-11,13-14H,6,9,12,15H2,1-4H3,(H2,22,23,24);1H. The predicted octanol–water partition coefficient (Wildman–Crippen LogP) is 3.93. The maximum atomic E-state index is 5.35. The Balaban J connectivity index is 0.00000364. The number of benzene rings is 2. The predicted molar refractivity (Wildman–Crippen MR) is 123 cm³/mol. The number of hydrogen-bond donors (Lipinski definition) is 2. The SMILES string of the molecule is CN=C(NCCCc1ccc(OC)c(OC)c1)NCc1cccc(C)c1.I. The fourth-order valence-corrected chi connectivity index (χ4v) is 2.76. The largest absolute Gasteiger partial charge is 0.493 e. The quantitative estimate of drug-likeness (QED) is 0.259. The molecule has 0 atom stereocenters. The minimum absolute atomic E-state index is 0. The molecule has 2 rings (SSSR count). The molecule has 2 aromatic rings. The molecule has 5 nitrogen and oxygen atoms in total. The van der Waals surface area contributed by atoms with Crippen LogP contribution in [0.2, 0.25) is 0 Å². The van der Waals surface area contributed by atoms with Crippen LogP contribution in [0, 0.1) is 6.92 Å². The third-order valence-electron chi connectivity index (χ3n) is 4.15. The summed E-state index contributed by atoms with van der Waals surface area (Å²) < 4.78 is 10.6. The first-order valence-corrected chi connectivity index (χ1v) is 8.87. The van der Waals surface area contributed by atoms with Gasteiger partial charge in [-0.1, -0.05) is 35.9 Å². The molecule has 0 heterocycles. The van der Waals surface area contributed by atoms with Crippen LogP contribution in [0.4, 0.5) is 0 Å². The molecular weight excluding hydrogens is 453 g/mol. The summed E-state index contributed by atoms with van der Waals surface area (Å²) in [5, 5.41) is 6.71. The number of aliphatic imine (C=N–C) groups is 1. The molecule has 0 spiro atoms. The molecule has 0 aliphatic heterocycles. The molecule has 27 heavy (non-hydrogen) atoms. The highest BCUT2D eigenvalue weighted by atomic mass is 127. The van der Waals surface area contributed by atoms with E-state index >= 15 is 0 Å². The highest BCUT2D eigenvalue weighted by Gasteiger charge is 2.04. The molecule has 0 bridgehead atoms. The van der Waals surface area contributed by atoms with E-state index in [1.54, 1.807) is 21.3 Å². The third-order valence-corrected chi connectivity index (χ3v) is 4.15. The Morgan fingerprint density at radius 2 is 1.74 bits per heavy atom. The smallest absolute Gasteiger partial charge is 0.191 e. The van der Waals surface area contributed by atoms with Gasteiger partial charge in [0.1, 0.15) is 0 Å². The summed E-state index contributed by atoms with van der Waals surface area (Å²) in [5.41, 5.74) is 3.74. The number of ether oxygens (including phenoxy) is 2. The summed E-state index contributed by atoms with van der Waals surface area (Å²) in [5.74, 6) is 2.35. The molecule has 0 saturated heterocycles. The monoisotopic (exact) mass is 483 g/mol. The Bertz CT molecular complexity index is 735. The van der Waals surface area contributed by atoms with Crippen LogP contribution < -0.4 is 20.1 Å². The summed E-state index contributed by atoms with van der Waals surface area (Å²) >= 11 is 0. The average molecular weight is 483 g/mol. The van der Waals surface area contributed by atoms with Gasteiger partial charge in [-0.2, -0.15) is 0 Å². The van der Waals surface area contributed by atoms with Crippen molar-refractivity contribution in [3.05, 3.63) is 59.2 Å². The molecule has 2 N–H and O–H groups in total. The van der Waals surface area contributed by atoms with Gasteiger partial charge in [0, 0.05) is 20.1 Å². The summed E-state index contributed by atoms with van der Waals surface area (Å²) in [6, 6.07) is 14.5. The number of nitrogens with one attached hydrogen (secondary N) is 2. The van der Waals surface area contributed by atoms with Crippen molar-refractivity contribution >= 4 is 29.9 Å². The Hall–Kier alpha value is -1.96. The van der Waals surface area contributed by atoms with Crippen molar-refractivity contribution in [2.24, 2.45) is 4.99 Å². The van der Waals surface area contributed by atoms with Crippen molar-refractivity contribution in [3.8, 4) is 11.5 Å². The number of nitrogens with zero attached hydrogens (tertiary/aromatic N) is 1. The van der Waals surface area contributed by atoms with Crippen molar-refractivity contribution in [3.63, 3.8) is 0 Å². The van der Waals surface area contributed by atoms with E-state index in [9.17, 15) is 0 Å². The molecule has 0 aromatic heterocycles. The minimum Gasteiger partial charge on any atom is -0.493 e. The number of halogens is 1. The molecule has 0 radical (unpaired) electrons. The fourth-order valence-electron chi connectivity index (χ4n) is 2.76. The fraction of sp³-hybridized carbons (Fsp3) is 0.381. The zero-order valence-corrected chi connectivity index (χ0v) is 18.9. The van der Waals surface area contributed by atoms with E-state index < -0.39 is 0 Å². The molecule has 0 amide bonds. The Labute approximate surface area is 179 Å². The Morgan fingerprint density at radius 1 is 0.963 bits per heavy atom. The average Bonchev–Trinajstić information content (AvgIpc) is 2.67. The molecule has 0 aliphatic carbocycles. The van der Waals surface area contributed by atoms with Crippen LogP contribution in [0.5, 0.6) is 11.5 Å². The van der Waals surface area contributed by atoms with Gasteiger partial charge in [0.25, 0.3) is 0 Å². The van der Waals surface area contributed by atoms with Gasteiger partial charge in [0.2, 0.25) is 0 Å². The van der Waals surface area contributed by atoms with E-state index in [4.69, 9.17) is 9.47 Å². The van der Waals surface area contributed by atoms with Crippen LogP contribution in [0.15, 0.2) is 47.5 Å². The molecule has 0 saturated carbocycles. The molecular formula is C21H30IN3O2. The van der Waals surface area contributed by atoms with Gasteiger partial charge in [-0.25, -0.2) is 0 Å². The van der Waals surface area contributed by atoms with Crippen LogP contribution in [0.1, 0.15) is 23.1 Å². The Kier molecular flexibility index (Phi) is 10.6. The van der Waals surface area contributed by atoms with E-state index in [1.165, 1.54) is 16.7 Å². The lowest BCUT2D eigenvalue weighted by Gasteiger charge is -2.13. The van der Waals surface area contributed by atoms with Gasteiger partial charge in [-0.05, 0) is 43.0 Å². The zero-order valence-electron chi connectivity index (χ0n) is 16.5. The molecule has 2 aromatic carbocycles. The lowest BCUT2D eigenvalue weighted by Crippen LogP contribution is -2.37. The van der Waals surface area contributed by atoms with Crippen LogP contribution in [0.25, 0.3) is 0 Å². The molecule has 0 fully saturated rings. The van der Waals surface area contributed by atoms with Crippen LogP contribution in [-0.4, -0.2) is 33.8 Å². The van der Waals surface area contributed by atoms with Crippen LogP contribution in [0.3, 0.4) is 0 Å². The number of hydrogen-bond acceptors (Lipinski definition) is 3. The topological polar surface area (TPSA) is 54.9 Å². The van der Waals surface area contributed by atoms with Gasteiger partial charge in [-0.3, -0.25) is 4.99 Å². The minimum atomic E-state index is 0. The van der Waals surface area contributed by atoms with Crippen LogP contribution in [-0.2, 0) is 13.0 Å². The summed E-state index contributed by atoms with van der Waals surface area (Å²) in [6.07, 6.45) is 1.96. The lowest BCUT2D eigenvalue weighted by atomic mass is 10.1. The number of rotatable bonds is 8. The Morgan fingerprint density at radius 3 is 2.41 bits per heavy atom. The zero-order chi connectivity index (χ0) is 18.8. The second kappa shape index (κ2) is 12.4. The van der Waals surface area contributed by atoms with Crippen molar-refractivity contribution in [2.75, 3.05) is 27.8 Å². The van der Waals surface area contributed by atoms with Crippen molar-refractivity contribution in [1.82, 2.24) is 10.6 Å². The molecule has 0 unspecified atom stereocenters. The van der Waals surface area contributed by atoms with E-state index in [0.29, 0.717) is 0 Å². The highest BCUT2D eigenvalue weighted by molar-refractivity contribution is 14.0. The summed E-state index contributed by atoms with van der Waals surface area (Å²) in [7, 11) is 5.10. The van der Waals surface area contributed by atoms with Gasteiger partial charge < -0.3 is 20.1 Å². The third kappa shape index (κ3) is 7.66. The van der Waals surface area contributed by atoms with Crippen molar-refractivity contribution < 1.29 is 9.47 Å².